The van der Waals surface area contributed by atoms with Crippen LogP contribution in [0.25, 0.3) is 0 Å². The van der Waals surface area contributed by atoms with E-state index < -0.39 is 10.0 Å². The molecule has 1 atom stereocenters. The van der Waals surface area contributed by atoms with Crippen molar-refractivity contribution in [3.8, 4) is 0 Å². The molecule has 0 radical (unpaired) electrons. The lowest BCUT2D eigenvalue weighted by atomic mass is 10.1. The van der Waals surface area contributed by atoms with Crippen molar-refractivity contribution in [2.45, 2.75) is 19.4 Å². The number of sulfonamides is 1. The highest BCUT2D eigenvalue weighted by atomic mass is 32.2. The molecule has 1 N–H and O–H groups in total. The summed E-state index contributed by atoms with van der Waals surface area (Å²) in [6.45, 7) is 2.65. The standard InChI is InChI=1S/C12H18N2O2S/c1-10(13-2)11-5-3-6-12(9-11)14-7-4-8-17(14,15)16/h3,5-6,9-10,13H,4,7-8H2,1-2H3. The highest BCUT2D eigenvalue weighted by molar-refractivity contribution is 7.93. The zero-order valence-corrected chi connectivity index (χ0v) is 11.0. The summed E-state index contributed by atoms with van der Waals surface area (Å²) in [4.78, 5) is 0. The molecule has 2 rings (SSSR count). The molecule has 1 aliphatic heterocycles. The summed E-state index contributed by atoms with van der Waals surface area (Å²) in [5, 5.41) is 3.15. The third-order valence-electron chi connectivity index (χ3n) is 3.19. The van der Waals surface area contributed by atoms with Gasteiger partial charge in [-0.3, -0.25) is 4.31 Å². The van der Waals surface area contributed by atoms with Crippen LogP contribution in [0, 0.1) is 0 Å². The molecule has 1 saturated heterocycles. The van der Waals surface area contributed by atoms with Gasteiger partial charge in [0.05, 0.1) is 11.4 Å². The predicted molar refractivity (Wildman–Crippen MR) is 69.7 cm³/mol. The first kappa shape index (κ1) is 12.4. The third-order valence-corrected chi connectivity index (χ3v) is 5.06. The lowest BCUT2D eigenvalue weighted by Crippen LogP contribution is -2.25. The van der Waals surface area contributed by atoms with E-state index in [1.165, 1.54) is 4.31 Å². The van der Waals surface area contributed by atoms with Crippen molar-refractivity contribution in [1.29, 1.82) is 0 Å². The van der Waals surface area contributed by atoms with Gasteiger partial charge in [0.2, 0.25) is 10.0 Å². The van der Waals surface area contributed by atoms with Gasteiger partial charge in [-0.15, -0.1) is 0 Å². The minimum atomic E-state index is -3.08. The van der Waals surface area contributed by atoms with Crippen molar-refractivity contribution < 1.29 is 8.42 Å². The molecule has 1 unspecified atom stereocenters. The lowest BCUT2D eigenvalue weighted by Gasteiger charge is -2.19. The minimum absolute atomic E-state index is 0.222. The maximum atomic E-state index is 11.8. The van der Waals surface area contributed by atoms with Gasteiger partial charge < -0.3 is 5.32 Å². The summed E-state index contributed by atoms with van der Waals surface area (Å²) in [5.74, 6) is 0.263. The van der Waals surface area contributed by atoms with Crippen LogP contribution in [0.1, 0.15) is 24.9 Å². The highest BCUT2D eigenvalue weighted by Gasteiger charge is 2.28. The molecule has 0 aliphatic carbocycles. The van der Waals surface area contributed by atoms with E-state index in [1.54, 1.807) is 0 Å². The van der Waals surface area contributed by atoms with E-state index in [9.17, 15) is 8.42 Å². The molecule has 17 heavy (non-hydrogen) atoms. The molecule has 1 heterocycles. The number of hydrogen-bond acceptors (Lipinski definition) is 3. The van der Waals surface area contributed by atoms with Gasteiger partial charge in [0.1, 0.15) is 0 Å². The normalized spacial score (nSPS) is 20.5. The van der Waals surface area contributed by atoms with Crippen LogP contribution in [0.15, 0.2) is 24.3 Å². The van der Waals surface area contributed by atoms with Gasteiger partial charge >= 0.3 is 0 Å². The van der Waals surface area contributed by atoms with E-state index in [2.05, 4.69) is 12.2 Å². The Balaban J connectivity index is 2.34. The molecule has 1 aliphatic rings. The van der Waals surface area contributed by atoms with Crippen molar-refractivity contribution in [2.75, 3.05) is 23.7 Å². The Bertz CT molecular complexity index is 499. The molecule has 5 heteroatoms. The zero-order valence-electron chi connectivity index (χ0n) is 10.2. The molecular formula is C12H18N2O2S. The first-order valence-electron chi connectivity index (χ1n) is 5.82. The average molecular weight is 254 g/mol. The molecular weight excluding hydrogens is 236 g/mol. The third kappa shape index (κ3) is 2.45. The summed E-state index contributed by atoms with van der Waals surface area (Å²) in [6, 6.07) is 7.94. The van der Waals surface area contributed by atoms with Gasteiger partial charge in [0, 0.05) is 12.6 Å². The zero-order chi connectivity index (χ0) is 12.5. The second-order valence-electron chi connectivity index (χ2n) is 4.35. The Kier molecular flexibility index (Phi) is 3.40. The highest BCUT2D eigenvalue weighted by Crippen LogP contribution is 2.26. The molecule has 4 nitrogen and oxygen atoms in total. The molecule has 1 aromatic rings. The fraction of sp³-hybridized carbons (Fsp3) is 0.500. The molecule has 0 amide bonds. The van der Waals surface area contributed by atoms with Crippen molar-refractivity contribution in [3.63, 3.8) is 0 Å². The smallest absolute Gasteiger partial charge is 0.235 e. The molecule has 0 bridgehead atoms. The quantitative estimate of drug-likeness (QED) is 0.889. The second kappa shape index (κ2) is 4.66. The molecule has 0 aromatic heterocycles. The van der Waals surface area contributed by atoms with E-state index in [1.807, 2.05) is 31.3 Å². The van der Waals surface area contributed by atoms with Gasteiger partial charge in [-0.25, -0.2) is 8.42 Å². The predicted octanol–water partition coefficient (Wildman–Crippen LogP) is 1.51. The fourth-order valence-corrected chi connectivity index (χ4v) is 3.60. The van der Waals surface area contributed by atoms with Crippen molar-refractivity contribution in [1.82, 2.24) is 5.32 Å². The summed E-state index contributed by atoms with van der Waals surface area (Å²) in [6.07, 6.45) is 0.716. The molecule has 0 saturated carbocycles. The number of rotatable bonds is 3. The Morgan fingerprint density at radius 3 is 2.76 bits per heavy atom. The summed E-state index contributed by atoms with van der Waals surface area (Å²) < 4.78 is 25.2. The summed E-state index contributed by atoms with van der Waals surface area (Å²) in [7, 11) is -1.18. The first-order chi connectivity index (χ1) is 8.04. The van der Waals surface area contributed by atoms with E-state index in [0.717, 1.165) is 11.3 Å². The van der Waals surface area contributed by atoms with Gasteiger partial charge in [-0.05, 0) is 38.1 Å². The molecule has 1 fully saturated rings. The van der Waals surface area contributed by atoms with Gasteiger partial charge in [0.15, 0.2) is 0 Å². The molecule has 94 valence electrons. The van der Waals surface area contributed by atoms with E-state index >= 15 is 0 Å². The number of hydrogen-bond donors (Lipinski definition) is 1. The van der Waals surface area contributed by atoms with Crippen LogP contribution in [0.2, 0.25) is 0 Å². The van der Waals surface area contributed by atoms with E-state index in [4.69, 9.17) is 0 Å². The summed E-state index contributed by atoms with van der Waals surface area (Å²) in [5.41, 5.74) is 1.88. The Hall–Kier alpha value is -1.07. The second-order valence-corrected chi connectivity index (χ2v) is 6.36. The Labute approximate surface area is 103 Å². The van der Waals surface area contributed by atoms with Gasteiger partial charge in [-0.2, -0.15) is 0 Å². The number of benzene rings is 1. The van der Waals surface area contributed by atoms with Crippen molar-refractivity contribution in [3.05, 3.63) is 29.8 Å². The number of anilines is 1. The number of nitrogens with one attached hydrogen (secondary N) is 1. The summed E-state index contributed by atoms with van der Waals surface area (Å²) >= 11 is 0. The monoisotopic (exact) mass is 254 g/mol. The van der Waals surface area contributed by atoms with Crippen LogP contribution < -0.4 is 9.62 Å². The maximum absolute atomic E-state index is 11.8. The van der Waals surface area contributed by atoms with Gasteiger partial charge in [0.25, 0.3) is 0 Å². The van der Waals surface area contributed by atoms with E-state index in [-0.39, 0.29) is 11.8 Å². The minimum Gasteiger partial charge on any atom is -0.313 e. The van der Waals surface area contributed by atoms with E-state index in [0.29, 0.717) is 13.0 Å². The largest absolute Gasteiger partial charge is 0.313 e. The van der Waals surface area contributed by atoms with Crippen LogP contribution in [0.3, 0.4) is 0 Å². The van der Waals surface area contributed by atoms with Gasteiger partial charge in [-0.1, -0.05) is 12.1 Å². The number of nitrogens with zero attached hydrogens (tertiary/aromatic N) is 1. The fourth-order valence-electron chi connectivity index (χ4n) is 2.05. The van der Waals surface area contributed by atoms with Crippen LogP contribution in [-0.2, 0) is 10.0 Å². The van der Waals surface area contributed by atoms with Crippen LogP contribution in [0.5, 0.6) is 0 Å². The van der Waals surface area contributed by atoms with Crippen LogP contribution in [-0.4, -0.2) is 27.8 Å². The molecule has 0 spiro atoms. The van der Waals surface area contributed by atoms with Crippen LogP contribution in [0.4, 0.5) is 5.69 Å². The Morgan fingerprint density at radius 1 is 1.41 bits per heavy atom. The maximum Gasteiger partial charge on any atom is 0.235 e. The van der Waals surface area contributed by atoms with Crippen molar-refractivity contribution in [2.24, 2.45) is 0 Å². The SMILES string of the molecule is CNC(C)c1cccc(N2CCCS2(=O)=O)c1. The average Bonchev–Trinajstić information content (AvgIpc) is 2.68. The van der Waals surface area contributed by atoms with Crippen molar-refractivity contribution >= 4 is 15.7 Å². The molecule has 1 aromatic carbocycles. The van der Waals surface area contributed by atoms with Crippen LogP contribution >= 0.6 is 0 Å². The first-order valence-corrected chi connectivity index (χ1v) is 7.43. The topological polar surface area (TPSA) is 49.4 Å². The Morgan fingerprint density at radius 2 is 2.18 bits per heavy atom. The lowest BCUT2D eigenvalue weighted by molar-refractivity contribution is 0.599.